The van der Waals surface area contributed by atoms with E-state index < -0.39 is 0 Å². The lowest BCUT2D eigenvalue weighted by Gasteiger charge is -2.23. The second-order valence-electron chi connectivity index (χ2n) is 3.94. The second kappa shape index (κ2) is 6.41. The van der Waals surface area contributed by atoms with Gasteiger partial charge < -0.3 is 9.64 Å². The molecule has 1 rings (SSSR count). The second-order valence-corrected chi connectivity index (χ2v) is 3.94. The third-order valence-electron chi connectivity index (χ3n) is 2.69. The molecule has 1 atom stereocenters. The Morgan fingerprint density at radius 1 is 1.60 bits per heavy atom. The summed E-state index contributed by atoms with van der Waals surface area (Å²) in [7, 11) is 1.66. The van der Waals surface area contributed by atoms with Crippen LogP contribution < -0.4 is 0 Å². The molecule has 0 aliphatic carbocycles. The molecule has 0 spiro atoms. The van der Waals surface area contributed by atoms with Crippen molar-refractivity contribution in [1.29, 1.82) is 5.26 Å². The van der Waals surface area contributed by atoms with Crippen molar-refractivity contribution in [2.75, 3.05) is 20.2 Å². The number of nitriles is 1. The Morgan fingerprint density at radius 2 is 2.40 bits per heavy atom. The summed E-state index contributed by atoms with van der Waals surface area (Å²) >= 11 is 0. The molecule has 0 radical (unpaired) electrons. The molecule has 1 fully saturated rings. The fraction of sp³-hybridized carbons (Fsp3) is 0.818. The van der Waals surface area contributed by atoms with Gasteiger partial charge in [0.15, 0.2) is 0 Å². The van der Waals surface area contributed by atoms with Crippen LogP contribution in [0.4, 0.5) is 0 Å². The van der Waals surface area contributed by atoms with E-state index in [0.29, 0.717) is 6.42 Å². The average Bonchev–Trinajstić information content (AvgIpc) is 2.27. The molecule has 1 aliphatic heterocycles. The highest BCUT2D eigenvalue weighted by molar-refractivity contribution is 5.76. The van der Waals surface area contributed by atoms with Crippen LogP contribution in [0, 0.1) is 11.3 Å². The zero-order chi connectivity index (χ0) is 11.1. The lowest BCUT2D eigenvalue weighted by Crippen LogP contribution is -2.28. The van der Waals surface area contributed by atoms with E-state index in [1.54, 1.807) is 7.05 Å². The van der Waals surface area contributed by atoms with Crippen LogP contribution in [0.3, 0.4) is 0 Å². The van der Waals surface area contributed by atoms with Gasteiger partial charge in [-0.25, -0.2) is 0 Å². The van der Waals surface area contributed by atoms with Crippen LogP contribution in [0.1, 0.15) is 32.1 Å². The number of hydrogen-bond acceptors (Lipinski definition) is 3. The standard InChI is InChI=1S/C11H18N2O2/c1-13(8-7-12)11(14)6-5-10-4-2-3-9-15-10/h10H,2-6,8-9H2,1H3. The maximum absolute atomic E-state index is 11.5. The zero-order valence-corrected chi connectivity index (χ0v) is 9.24. The normalized spacial score (nSPS) is 20.7. The third kappa shape index (κ3) is 4.30. The maximum atomic E-state index is 11.5. The van der Waals surface area contributed by atoms with Crippen LogP contribution in [0.5, 0.6) is 0 Å². The van der Waals surface area contributed by atoms with Gasteiger partial charge in [0, 0.05) is 20.1 Å². The molecule has 4 heteroatoms. The number of amides is 1. The van der Waals surface area contributed by atoms with Gasteiger partial charge in [-0.1, -0.05) is 0 Å². The van der Waals surface area contributed by atoms with E-state index >= 15 is 0 Å². The Labute approximate surface area is 90.8 Å². The molecule has 1 heterocycles. The molecule has 0 aromatic heterocycles. The zero-order valence-electron chi connectivity index (χ0n) is 9.24. The molecular formula is C11H18N2O2. The molecule has 0 saturated carbocycles. The molecule has 84 valence electrons. The van der Waals surface area contributed by atoms with Crippen molar-refractivity contribution in [3.8, 4) is 6.07 Å². The van der Waals surface area contributed by atoms with Crippen molar-refractivity contribution in [1.82, 2.24) is 4.90 Å². The van der Waals surface area contributed by atoms with Crippen LogP contribution in [0.15, 0.2) is 0 Å². The smallest absolute Gasteiger partial charge is 0.223 e. The van der Waals surface area contributed by atoms with Crippen LogP contribution in [-0.4, -0.2) is 37.1 Å². The number of carbonyl (C=O) groups excluding carboxylic acids is 1. The molecule has 0 bridgehead atoms. The Balaban J connectivity index is 2.18. The first-order valence-corrected chi connectivity index (χ1v) is 5.46. The van der Waals surface area contributed by atoms with Crippen molar-refractivity contribution in [2.45, 2.75) is 38.2 Å². The van der Waals surface area contributed by atoms with Gasteiger partial charge in [0.1, 0.15) is 6.54 Å². The summed E-state index contributed by atoms with van der Waals surface area (Å²) < 4.78 is 5.53. The SMILES string of the molecule is CN(CC#N)C(=O)CCC1CCCCO1. The number of nitrogens with zero attached hydrogens (tertiary/aromatic N) is 2. The Morgan fingerprint density at radius 3 is 3.00 bits per heavy atom. The molecule has 0 N–H and O–H groups in total. The first-order valence-electron chi connectivity index (χ1n) is 5.46. The van der Waals surface area contributed by atoms with E-state index in [1.807, 2.05) is 6.07 Å². The van der Waals surface area contributed by atoms with Gasteiger partial charge in [-0.2, -0.15) is 5.26 Å². The summed E-state index contributed by atoms with van der Waals surface area (Å²) in [5.41, 5.74) is 0. The molecule has 1 saturated heterocycles. The van der Waals surface area contributed by atoms with Crippen LogP contribution in [0.25, 0.3) is 0 Å². The predicted octanol–water partition coefficient (Wildman–Crippen LogP) is 1.32. The van der Waals surface area contributed by atoms with Gasteiger partial charge in [0.2, 0.25) is 5.91 Å². The van der Waals surface area contributed by atoms with Gasteiger partial charge in [0.05, 0.1) is 12.2 Å². The molecule has 4 nitrogen and oxygen atoms in total. The Hall–Kier alpha value is -1.08. The number of carbonyl (C=O) groups is 1. The molecule has 1 amide bonds. The van der Waals surface area contributed by atoms with Gasteiger partial charge >= 0.3 is 0 Å². The van der Waals surface area contributed by atoms with E-state index in [1.165, 1.54) is 11.3 Å². The first kappa shape index (κ1) is 12.0. The van der Waals surface area contributed by atoms with E-state index in [2.05, 4.69) is 0 Å². The molecule has 15 heavy (non-hydrogen) atoms. The number of rotatable bonds is 4. The minimum atomic E-state index is 0.0331. The lowest BCUT2D eigenvalue weighted by atomic mass is 10.0. The molecule has 0 aromatic carbocycles. The third-order valence-corrected chi connectivity index (χ3v) is 2.69. The summed E-state index contributed by atoms with van der Waals surface area (Å²) in [4.78, 5) is 13.0. The highest BCUT2D eigenvalue weighted by atomic mass is 16.5. The molecule has 1 unspecified atom stereocenters. The van der Waals surface area contributed by atoms with Crippen molar-refractivity contribution in [3.05, 3.63) is 0 Å². The van der Waals surface area contributed by atoms with E-state index in [9.17, 15) is 4.79 Å². The van der Waals surface area contributed by atoms with Gasteiger partial charge in [-0.05, 0) is 25.7 Å². The number of hydrogen-bond donors (Lipinski definition) is 0. The fourth-order valence-electron chi connectivity index (χ4n) is 1.70. The van der Waals surface area contributed by atoms with Crippen molar-refractivity contribution in [3.63, 3.8) is 0 Å². The minimum Gasteiger partial charge on any atom is -0.378 e. The summed E-state index contributed by atoms with van der Waals surface area (Å²) in [5.74, 6) is 0.0331. The van der Waals surface area contributed by atoms with Crippen molar-refractivity contribution >= 4 is 5.91 Å². The topological polar surface area (TPSA) is 53.3 Å². The molecule has 1 aliphatic rings. The monoisotopic (exact) mass is 210 g/mol. The van der Waals surface area contributed by atoms with Gasteiger partial charge in [0.25, 0.3) is 0 Å². The Kier molecular flexibility index (Phi) is 5.13. The van der Waals surface area contributed by atoms with E-state index in [0.717, 1.165) is 25.9 Å². The maximum Gasteiger partial charge on any atom is 0.223 e. The summed E-state index contributed by atoms with van der Waals surface area (Å²) in [6, 6.07) is 1.96. The minimum absolute atomic E-state index is 0.0331. The summed E-state index contributed by atoms with van der Waals surface area (Å²) in [6.07, 6.45) is 4.93. The Bertz CT molecular complexity index is 241. The van der Waals surface area contributed by atoms with Gasteiger partial charge in [-0.3, -0.25) is 4.79 Å². The average molecular weight is 210 g/mol. The quantitative estimate of drug-likeness (QED) is 0.657. The largest absolute Gasteiger partial charge is 0.378 e. The molecule has 0 aromatic rings. The summed E-state index contributed by atoms with van der Waals surface area (Å²) in [6.45, 7) is 0.997. The fourth-order valence-corrected chi connectivity index (χ4v) is 1.70. The predicted molar refractivity (Wildman–Crippen MR) is 56.1 cm³/mol. The van der Waals surface area contributed by atoms with Crippen LogP contribution >= 0.6 is 0 Å². The molecular weight excluding hydrogens is 192 g/mol. The van der Waals surface area contributed by atoms with Crippen LogP contribution in [-0.2, 0) is 9.53 Å². The van der Waals surface area contributed by atoms with Gasteiger partial charge in [-0.15, -0.1) is 0 Å². The summed E-state index contributed by atoms with van der Waals surface area (Å²) in [5, 5.41) is 8.43. The van der Waals surface area contributed by atoms with Crippen LogP contribution in [0.2, 0.25) is 0 Å². The first-order chi connectivity index (χ1) is 7.24. The van der Waals surface area contributed by atoms with Crippen molar-refractivity contribution < 1.29 is 9.53 Å². The number of ether oxygens (including phenoxy) is 1. The van der Waals surface area contributed by atoms with E-state index in [4.69, 9.17) is 10.00 Å². The van der Waals surface area contributed by atoms with E-state index in [-0.39, 0.29) is 18.6 Å². The van der Waals surface area contributed by atoms with Crippen molar-refractivity contribution in [2.24, 2.45) is 0 Å². The lowest BCUT2D eigenvalue weighted by molar-refractivity contribution is -0.130. The highest BCUT2D eigenvalue weighted by Crippen LogP contribution is 2.17. The highest BCUT2D eigenvalue weighted by Gasteiger charge is 2.16.